The minimum atomic E-state index is -1.31. The van der Waals surface area contributed by atoms with Crippen molar-refractivity contribution < 1.29 is 23.3 Å². The number of amides is 1. The highest BCUT2D eigenvalue weighted by molar-refractivity contribution is 8.01. The predicted molar refractivity (Wildman–Crippen MR) is 167 cm³/mol. The molecule has 5 aliphatic rings. The molecule has 1 aromatic carbocycles. The van der Waals surface area contributed by atoms with Crippen LogP contribution in [0.1, 0.15) is 44.6 Å². The summed E-state index contributed by atoms with van der Waals surface area (Å²) in [5, 5.41) is 9.61. The molecule has 1 amide bonds. The number of alkyl halides is 1. The Morgan fingerprint density at radius 1 is 1.32 bits per heavy atom. The molecule has 0 N–H and O–H groups in total. The van der Waals surface area contributed by atoms with Gasteiger partial charge in [0.25, 0.3) is 12.2 Å². The molecule has 11 heteroatoms. The van der Waals surface area contributed by atoms with E-state index in [1.807, 2.05) is 24.3 Å². The summed E-state index contributed by atoms with van der Waals surface area (Å²) in [4.78, 5) is 39.3. The van der Waals surface area contributed by atoms with Gasteiger partial charge in [-0.1, -0.05) is 24.8 Å². The molecule has 1 spiro atoms. The van der Waals surface area contributed by atoms with Crippen LogP contribution in [0.3, 0.4) is 0 Å². The quantitative estimate of drug-likeness (QED) is 0.356. The van der Waals surface area contributed by atoms with Gasteiger partial charge in [0.1, 0.15) is 35.6 Å². The molecule has 234 valence electrons. The summed E-state index contributed by atoms with van der Waals surface area (Å²) in [5.41, 5.74) is 1.34. The zero-order valence-electron chi connectivity index (χ0n) is 25.7. The molecule has 6 atom stereocenters. The third kappa shape index (κ3) is 5.39. The van der Waals surface area contributed by atoms with Crippen LogP contribution in [0.5, 0.6) is 0 Å². The number of rotatable bonds is 6. The lowest BCUT2D eigenvalue weighted by molar-refractivity contribution is -0.552. The van der Waals surface area contributed by atoms with Crippen LogP contribution in [0.2, 0.25) is 0 Å². The summed E-state index contributed by atoms with van der Waals surface area (Å²) < 4.78 is 23.7. The number of halogens is 1. The Labute approximate surface area is 263 Å². The average molecular weight is 622 g/mol. The van der Waals surface area contributed by atoms with Crippen molar-refractivity contribution in [1.82, 2.24) is 14.7 Å². The Bertz CT molecular complexity index is 1430. The SMILES string of the molecule is C=CC(=O)N1CC[N+](=C2C3CC[C@]4(Sc5ccccc5CC4F)C(=O)C3=NC(OCC3CCCN3C)N2CC)CC1CC#N. The van der Waals surface area contributed by atoms with E-state index < -0.39 is 17.3 Å². The summed E-state index contributed by atoms with van der Waals surface area (Å²) in [7, 11) is 2.10. The normalized spacial score (nSPS) is 33.9. The van der Waals surface area contributed by atoms with Crippen LogP contribution < -0.4 is 0 Å². The van der Waals surface area contributed by atoms with Gasteiger partial charge in [-0.15, -0.1) is 11.8 Å². The van der Waals surface area contributed by atoms with E-state index in [0.717, 1.165) is 35.7 Å². The first-order chi connectivity index (χ1) is 21.3. The molecule has 6 rings (SSSR count). The largest absolute Gasteiger partial charge is 0.327 e. The van der Waals surface area contributed by atoms with E-state index in [1.165, 1.54) is 17.8 Å². The summed E-state index contributed by atoms with van der Waals surface area (Å²) in [6, 6.07) is 9.99. The number of nitriles is 1. The van der Waals surface area contributed by atoms with Gasteiger partial charge >= 0.3 is 0 Å². The highest BCUT2D eigenvalue weighted by Crippen LogP contribution is 2.51. The molecule has 3 fully saturated rings. The monoisotopic (exact) mass is 621 g/mol. The number of hydrogen-bond donors (Lipinski definition) is 0. The van der Waals surface area contributed by atoms with Crippen LogP contribution >= 0.6 is 11.8 Å². The molecular formula is C33H42FN6O3S+. The molecule has 1 aromatic rings. The standard InChI is InChI=1S/C33H42FN6O3S/c1-4-28(41)40-18-17-38(20-23(40)13-15-35)31-25-12-14-33(27(34)19-22-9-6-7-11-26(22)44-33)30(42)29(25)36-32(39(31)5-2)43-21-24-10-8-16-37(24)3/h4,6-7,9,11,23-25,27,32H,1,5,8,10,12-14,16-21H2,2-3H3/q+1/t23?,24?,25?,27?,32?,33-/m1/s1. The fraction of sp³-hybridized carbons (Fsp3) is 0.606. The number of likely N-dealkylation sites (N-methyl/N-ethyl adjacent to an activating group) is 1. The number of amidine groups is 1. The minimum absolute atomic E-state index is 0.187. The van der Waals surface area contributed by atoms with Crippen LogP contribution in [-0.4, -0.2) is 118 Å². The summed E-state index contributed by atoms with van der Waals surface area (Å²) >= 11 is 1.36. The Morgan fingerprint density at radius 2 is 2.14 bits per heavy atom. The number of carbonyl (C=O) groups is 2. The van der Waals surface area contributed by atoms with Gasteiger partial charge in [0.2, 0.25) is 5.91 Å². The molecule has 2 saturated heterocycles. The molecule has 9 nitrogen and oxygen atoms in total. The number of aliphatic imine (C=N–C) groups is 1. The number of Topliss-reactive ketones (excluding diaryl/α,β-unsaturated/α-hetero) is 1. The van der Waals surface area contributed by atoms with Gasteiger partial charge in [-0.25, -0.2) is 14.3 Å². The van der Waals surface area contributed by atoms with Crippen LogP contribution in [0.4, 0.5) is 4.39 Å². The highest BCUT2D eigenvalue weighted by atomic mass is 32.2. The van der Waals surface area contributed by atoms with Gasteiger partial charge in [0.15, 0.2) is 5.78 Å². The summed E-state index contributed by atoms with van der Waals surface area (Å²) in [5.74, 6) is 0.218. The maximum atomic E-state index is 16.2. The number of ether oxygens (including phenoxy) is 1. The Morgan fingerprint density at radius 3 is 2.86 bits per heavy atom. The second-order valence-electron chi connectivity index (χ2n) is 12.5. The topological polar surface area (TPSA) is 92.2 Å². The highest BCUT2D eigenvalue weighted by Gasteiger charge is 2.59. The Hall–Kier alpha value is -3.07. The first kappa shape index (κ1) is 30.9. The van der Waals surface area contributed by atoms with Crippen LogP contribution in [-0.2, 0) is 20.7 Å². The number of ketones is 1. The second-order valence-corrected chi connectivity index (χ2v) is 13.9. The molecule has 0 aromatic heterocycles. The van der Waals surface area contributed by atoms with Gasteiger partial charge in [0.05, 0.1) is 38.2 Å². The van der Waals surface area contributed by atoms with Crippen LogP contribution in [0.15, 0.2) is 46.8 Å². The fourth-order valence-electron chi connectivity index (χ4n) is 7.66. The molecule has 0 bridgehead atoms. The third-order valence-electron chi connectivity index (χ3n) is 10.1. The zero-order chi connectivity index (χ0) is 31.0. The lowest BCUT2D eigenvalue weighted by Crippen LogP contribution is -2.64. The summed E-state index contributed by atoms with van der Waals surface area (Å²) in [6.07, 6.45) is 2.83. The molecule has 1 aliphatic carbocycles. The van der Waals surface area contributed by atoms with E-state index in [1.54, 1.807) is 4.90 Å². The average Bonchev–Trinajstić information content (AvgIpc) is 3.45. The maximum Gasteiger partial charge on any atom is 0.298 e. The summed E-state index contributed by atoms with van der Waals surface area (Å²) in [6.45, 7) is 9.25. The number of likely N-dealkylation sites (tertiary alicyclic amines) is 1. The predicted octanol–water partition coefficient (Wildman–Crippen LogP) is 3.28. The smallest absolute Gasteiger partial charge is 0.298 e. The van der Waals surface area contributed by atoms with Crippen molar-refractivity contribution in [1.29, 1.82) is 5.26 Å². The number of benzene rings is 1. The van der Waals surface area contributed by atoms with E-state index in [-0.39, 0.29) is 42.5 Å². The lowest BCUT2D eigenvalue weighted by atomic mass is 9.73. The molecule has 44 heavy (non-hydrogen) atoms. The van der Waals surface area contributed by atoms with Gasteiger partial charge in [-0.05, 0) is 63.9 Å². The van der Waals surface area contributed by atoms with Gasteiger partial charge in [-0.3, -0.25) is 14.2 Å². The van der Waals surface area contributed by atoms with Crippen LogP contribution in [0, 0.1) is 17.2 Å². The van der Waals surface area contributed by atoms with Crippen molar-refractivity contribution in [2.75, 3.05) is 46.4 Å². The molecular weight excluding hydrogens is 579 g/mol. The van der Waals surface area contributed by atoms with E-state index in [2.05, 4.69) is 41.0 Å². The number of fused-ring (bicyclic) bond motifs is 2. The van der Waals surface area contributed by atoms with Crippen molar-refractivity contribution in [2.24, 2.45) is 10.9 Å². The number of nitrogens with zero attached hydrogens (tertiary/aromatic N) is 6. The van der Waals surface area contributed by atoms with Crippen LogP contribution in [0.25, 0.3) is 0 Å². The lowest BCUT2D eigenvalue weighted by Gasteiger charge is -2.46. The first-order valence-electron chi connectivity index (χ1n) is 15.8. The van der Waals surface area contributed by atoms with Crippen molar-refractivity contribution in [3.05, 3.63) is 42.5 Å². The number of hydrogen-bond acceptors (Lipinski definition) is 7. The van der Waals surface area contributed by atoms with Gasteiger partial charge in [-0.2, -0.15) is 5.26 Å². The van der Waals surface area contributed by atoms with Crippen molar-refractivity contribution in [3.8, 4) is 6.07 Å². The van der Waals surface area contributed by atoms with E-state index in [9.17, 15) is 14.9 Å². The molecule has 4 aliphatic heterocycles. The van der Waals surface area contributed by atoms with Gasteiger partial charge in [0, 0.05) is 17.4 Å². The molecule has 5 unspecified atom stereocenters. The van der Waals surface area contributed by atoms with Crippen molar-refractivity contribution >= 4 is 35.0 Å². The second kappa shape index (κ2) is 12.7. The number of piperazine rings is 1. The van der Waals surface area contributed by atoms with Crippen molar-refractivity contribution in [2.45, 2.75) is 79.7 Å². The van der Waals surface area contributed by atoms with Crippen molar-refractivity contribution in [3.63, 3.8) is 0 Å². The maximum absolute atomic E-state index is 16.2. The zero-order valence-corrected chi connectivity index (χ0v) is 26.5. The first-order valence-corrected chi connectivity index (χ1v) is 16.7. The molecule has 0 radical (unpaired) electrons. The van der Waals surface area contributed by atoms with Gasteiger partial charge < -0.3 is 14.5 Å². The molecule has 4 heterocycles. The Kier molecular flexibility index (Phi) is 8.95. The third-order valence-corrected chi connectivity index (χ3v) is 11.7. The van der Waals surface area contributed by atoms with E-state index in [0.29, 0.717) is 51.3 Å². The van der Waals surface area contributed by atoms with E-state index >= 15 is 4.39 Å². The Balaban J connectivity index is 1.39. The number of thioether (sulfide) groups is 1. The van der Waals surface area contributed by atoms with E-state index in [4.69, 9.17) is 9.73 Å². The number of carbonyl (C=O) groups excluding carboxylic acids is 2. The molecule has 1 saturated carbocycles. The fourth-order valence-corrected chi connectivity index (χ4v) is 9.11. The minimum Gasteiger partial charge on any atom is -0.327 e.